The second kappa shape index (κ2) is 21.5. The lowest BCUT2D eigenvalue weighted by atomic mass is 10.1. The fourth-order valence-corrected chi connectivity index (χ4v) is 3.07. The van der Waals surface area contributed by atoms with Gasteiger partial charge in [-0.05, 0) is 38.5 Å². The van der Waals surface area contributed by atoms with Gasteiger partial charge in [-0.15, -0.1) is 6.58 Å². The third kappa shape index (κ3) is 21.5. The van der Waals surface area contributed by atoms with Gasteiger partial charge in [-0.3, -0.25) is 0 Å². The van der Waals surface area contributed by atoms with Crippen molar-refractivity contribution in [3.63, 3.8) is 0 Å². The first-order chi connectivity index (χ1) is 11.4. The SMILES string of the molecule is C=CCCCCCC/C=C/CCCCCCCCCCCCC. The molecule has 0 heteroatoms. The van der Waals surface area contributed by atoms with Gasteiger partial charge in [-0.25, -0.2) is 0 Å². The predicted octanol–water partition coefficient (Wildman–Crippen LogP) is 8.77. The Morgan fingerprint density at radius 2 is 0.826 bits per heavy atom. The summed E-state index contributed by atoms with van der Waals surface area (Å²) in [7, 11) is 0. The minimum atomic E-state index is 1.19. The number of hydrogen-bond donors (Lipinski definition) is 0. The van der Waals surface area contributed by atoms with E-state index in [1.807, 2.05) is 6.08 Å². The minimum Gasteiger partial charge on any atom is -0.103 e. The van der Waals surface area contributed by atoms with Crippen LogP contribution in [0.1, 0.15) is 122 Å². The van der Waals surface area contributed by atoms with Crippen molar-refractivity contribution in [1.29, 1.82) is 0 Å². The zero-order chi connectivity index (χ0) is 16.8. The molecule has 0 aliphatic carbocycles. The van der Waals surface area contributed by atoms with E-state index in [1.165, 1.54) is 116 Å². The summed E-state index contributed by atoms with van der Waals surface area (Å²) < 4.78 is 0. The molecule has 0 heterocycles. The summed E-state index contributed by atoms with van der Waals surface area (Å²) in [5.41, 5.74) is 0. The maximum absolute atomic E-state index is 3.77. The Bertz CT molecular complexity index is 238. The van der Waals surface area contributed by atoms with Gasteiger partial charge in [0.1, 0.15) is 0 Å². The number of unbranched alkanes of at least 4 members (excludes halogenated alkanes) is 16. The molecule has 0 atom stereocenters. The van der Waals surface area contributed by atoms with Crippen LogP contribution in [-0.4, -0.2) is 0 Å². The maximum Gasteiger partial charge on any atom is -0.0351 e. The number of allylic oxidation sites excluding steroid dienone is 3. The van der Waals surface area contributed by atoms with Gasteiger partial charge in [0.05, 0.1) is 0 Å². The Kier molecular flexibility index (Phi) is 21.0. The highest BCUT2D eigenvalue weighted by molar-refractivity contribution is 4.81. The standard InChI is InChI=1S/C23H44/c1-3-5-7-9-11-13-15-17-19-21-23-22-20-18-16-14-12-10-8-6-4-2/h3,17,19H,1,4-16,18,20-23H2,2H3/b19-17+. The topological polar surface area (TPSA) is 0 Å². The highest BCUT2D eigenvalue weighted by atomic mass is 14.0. The lowest BCUT2D eigenvalue weighted by Crippen LogP contribution is -1.82. The average molecular weight is 321 g/mol. The number of rotatable bonds is 19. The first-order valence-corrected chi connectivity index (χ1v) is 10.7. The molecule has 0 aliphatic heterocycles. The second-order valence-electron chi connectivity index (χ2n) is 7.08. The molecule has 0 spiro atoms. The molecule has 0 radical (unpaired) electrons. The number of hydrogen-bond acceptors (Lipinski definition) is 0. The first kappa shape index (κ1) is 22.5. The Morgan fingerprint density at radius 1 is 0.478 bits per heavy atom. The van der Waals surface area contributed by atoms with Gasteiger partial charge in [-0.1, -0.05) is 102 Å². The normalized spacial score (nSPS) is 11.3. The Hall–Kier alpha value is -0.520. The fraction of sp³-hybridized carbons (Fsp3) is 0.826. The van der Waals surface area contributed by atoms with Crippen molar-refractivity contribution >= 4 is 0 Å². The van der Waals surface area contributed by atoms with Gasteiger partial charge in [0, 0.05) is 0 Å². The van der Waals surface area contributed by atoms with Gasteiger partial charge in [0.15, 0.2) is 0 Å². The van der Waals surface area contributed by atoms with Crippen molar-refractivity contribution in [2.24, 2.45) is 0 Å². The van der Waals surface area contributed by atoms with Crippen LogP contribution in [0.2, 0.25) is 0 Å². The van der Waals surface area contributed by atoms with E-state index in [0.29, 0.717) is 0 Å². The summed E-state index contributed by atoms with van der Waals surface area (Å²) in [6, 6.07) is 0. The lowest BCUT2D eigenvalue weighted by Gasteiger charge is -2.01. The molecule has 0 amide bonds. The average Bonchev–Trinajstić information content (AvgIpc) is 2.57. The van der Waals surface area contributed by atoms with Crippen LogP contribution in [0.15, 0.2) is 24.8 Å². The van der Waals surface area contributed by atoms with E-state index in [4.69, 9.17) is 0 Å². The molecule has 0 saturated heterocycles. The molecule has 0 aliphatic rings. The van der Waals surface area contributed by atoms with Crippen LogP contribution >= 0.6 is 0 Å². The molecule has 0 unspecified atom stereocenters. The van der Waals surface area contributed by atoms with Crippen molar-refractivity contribution in [2.45, 2.75) is 122 Å². The summed E-state index contributed by atoms with van der Waals surface area (Å²) in [6.07, 6.45) is 31.9. The molecule has 0 saturated carbocycles. The Labute approximate surface area is 147 Å². The molecule has 0 aromatic heterocycles. The van der Waals surface area contributed by atoms with E-state index in [-0.39, 0.29) is 0 Å². The lowest BCUT2D eigenvalue weighted by molar-refractivity contribution is 0.550. The molecule has 0 rings (SSSR count). The largest absolute Gasteiger partial charge is 0.103 e. The van der Waals surface area contributed by atoms with Crippen LogP contribution < -0.4 is 0 Å². The fourth-order valence-electron chi connectivity index (χ4n) is 3.07. The van der Waals surface area contributed by atoms with E-state index in [1.54, 1.807) is 0 Å². The van der Waals surface area contributed by atoms with Crippen LogP contribution in [0.4, 0.5) is 0 Å². The van der Waals surface area contributed by atoms with E-state index in [9.17, 15) is 0 Å². The van der Waals surface area contributed by atoms with Crippen LogP contribution in [-0.2, 0) is 0 Å². The van der Waals surface area contributed by atoms with Crippen molar-refractivity contribution in [2.75, 3.05) is 0 Å². The second-order valence-corrected chi connectivity index (χ2v) is 7.08. The van der Waals surface area contributed by atoms with Crippen LogP contribution in [0.5, 0.6) is 0 Å². The van der Waals surface area contributed by atoms with Gasteiger partial charge >= 0.3 is 0 Å². The highest BCUT2D eigenvalue weighted by Gasteiger charge is 1.92. The minimum absolute atomic E-state index is 1.19. The van der Waals surface area contributed by atoms with E-state index < -0.39 is 0 Å². The molecule has 0 nitrogen and oxygen atoms in total. The molecular formula is C23H44. The summed E-state index contributed by atoms with van der Waals surface area (Å²) >= 11 is 0. The molecule has 0 fully saturated rings. The van der Waals surface area contributed by atoms with Crippen LogP contribution in [0.25, 0.3) is 0 Å². The van der Waals surface area contributed by atoms with Crippen molar-refractivity contribution in [1.82, 2.24) is 0 Å². The smallest absolute Gasteiger partial charge is 0.0351 e. The Balaban J connectivity index is 3.03. The monoisotopic (exact) mass is 320 g/mol. The third-order valence-electron chi connectivity index (χ3n) is 4.67. The summed E-state index contributed by atoms with van der Waals surface area (Å²) in [6.45, 7) is 6.06. The predicted molar refractivity (Wildman–Crippen MR) is 108 cm³/mol. The van der Waals surface area contributed by atoms with Gasteiger partial charge in [-0.2, -0.15) is 0 Å². The summed E-state index contributed by atoms with van der Waals surface area (Å²) in [5, 5.41) is 0. The quantitative estimate of drug-likeness (QED) is 0.165. The summed E-state index contributed by atoms with van der Waals surface area (Å²) in [4.78, 5) is 0. The summed E-state index contributed by atoms with van der Waals surface area (Å²) in [5.74, 6) is 0. The van der Waals surface area contributed by atoms with Crippen LogP contribution in [0.3, 0.4) is 0 Å². The van der Waals surface area contributed by atoms with Crippen molar-refractivity contribution in [3.8, 4) is 0 Å². The highest BCUT2D eigenvalue weighted by Crippen LogP contribution is 2.12. The zero-order valence-electron chi connectivity index (χ0n) is 16.2. The molecule has 0 aromatic carbocycles. The van der Waals surface area contributed by atoms with Crippen molar-refractivity contribution in [3.05, 3.63) is 24.8 Å². The third-order valence-corrected chi connectivity index (χ3v) is 4.67. The molecular weight excluding hydrogens is 276 g/mol. The van der Waals surface area contributed by atoms with Gasteiger partial charge in [0.2, 0.25) is 0 Å². The van der Waals surface area contributed by atoms with E-state index in [2.05, 4.69) is 25.7 Å². The molecule has 0 aromatic rings. The Morgan fingerprint density at radius 3 is 1.22 bits per heavy atom. The molecule has 136 valence electrons. The maximum atomic E-state index is 3.77. The van der Waals surface area contributed by atoms with Crippen LogP contribution in [0, 0.1) is 0 Å². The van der Waals surface area contributed by atoms with E-state index >= 15 is 0 Å². The van der Waals surface area contributed by atoms with Gasteiger partial charge < -0.3 is 0 Å². The molecule has 0 N–H and O–H groups in total. The molecule has 0 bridgehead atoms. The first-order valence-electron chi connectivity index (χ1n) is 10.7. The van der Waals surface area contributed by atoms with E-state index in [0.717, 1.165) is 0 Å². The van der Waals surface area contributed by atoms with Crippen molar-refractivity contribution < 1.29 is 0 Å². The zero-order valence-corrected chi connectivity index (χ0v) is 16.2. The van der Waals surface area contributed by atoms with Gasteiger partial charge in [0.25, 0.3) is 0 Å². The molecule has 23 heavy (non-hydrogen) atoms.